The van der Waals surface area contributed by atoms with E-state index in [2.05, 4.69) is 13.2 Å². The second-order valence-corrected chi connectivity index (χ2v) is 5.30. The molecule has 2 N–H and O–H groups in total. The lowest BCUT2D eigenvalue weighted by Gasteiger charge is -2.09. The number of hydrogen-bond donors (Lipinski definition) is 2. The molecule has 110 valence electrons. The van der Waals surface area contributed by atoms with Gasteiger partial charge in [-0.15, -0.1) is 13.2 Å². The van der Waals surface area contributed by atoms with Gasteiger partial charge in [-0.05, 0) is 42.2 Å². The third kappa shape index (κ3) is 1.86. The number of aromatic hydroxyl groups is 2. The lowest BCUT2D eigenvalue weighted by Crippen LogP contribution is -2.00. The van der Waals surface area contributed by atoms with Gasteiger partial charge in [0.1, 0.15) is 11.5 Å². The highest BCUT2D eigenvalue weighted by atomic mass is 16.3. The number of ketones is 1. The lowest BCUT2D eigenvalue weighted by molar-refractivity contribution is 0.104. The summed E-state index contributed by atoms with van der Waals surface area (Å²) >= 11 is 0. The van der Waals surface area contributed by atoms with Crippen molar-refractivity contribution < 1.29 is 15.0 Å². The highest BCUT2D eigenvalue weighted by Gasteiger charge is 2.33. The fourth-order valence-corrected chi connectivity index (χ4v) is 3.01. The highest BCUT2D eigenvalue weighted by Crippen LogP contribution is 2.46. The predicted molar refractivity (Wildman–Crippen MR) is 86.4 cm³/mol. The normalized spacial score (nSPS) is 11.9. The molecule has 0 fully saturated rings. The molecule has 0 atom stereocenters. The number of carbonyl (C=O) groups is 1. The van der Waals surface area contributed by atoms with Crippen LogP contribution in [0.1, 0.15) is 27.0 Å². The van der Waals surface area contributed by atoms with Crippen LogP contribution in [-0.4, -0.2) is 16.0 Å². The molecule has 2 aromatic rings. The minimum atomic E-state index is -0.168. The van der Waals surface area contributed by atoms with E-state index in [0.29, 0.717) is 40.7 Å². The second-order valence-electron chi connectivity index (χ2n) is 5.30. The van der Waals surface area contributed by atoms with Crippen LogP contribution in [0.4, 0.5) is 0 Å². The van der Waals surface area contributed by atoms with E-state index < -0.39 is 0 Å². The molecule has 3 heteroatoms. The van der Waals surface area contributed by atoms with E-state index in [0.717, 1.165) is 5.56 Å². The average molecular weight is 292 g/mol. The average Bonchev–Trinajstić information content (AvgIpc) is 2.79. The molecule has 0 amide bonds. The van der Waals surface area contributed by atoms with Crippen molar-refractivity contribution in [1.29, 1.82) is 0 Å². The van der Waals surface area contributed by atoms with Gasteiger partial charge in [0.2, 0.25) is 0 Å². The third-order valence-corrected chi connectivity index (χ3v) is 4.00. The number of phenolic OH excluding ortho intramolecular Hbond substituents is 2. The third-order valence-electron chi connectivity index (χ3n) is 4.00. The van der Waals surface area contributed by atoms with Gasteiger partial charge < -0.3 is 10.2 Å². The summed E-state index contributed by atoms with van der Waals surface area (Å²) in [7, 11) is 0. The Bertz CT molecular complexity index is 816. The Balaban J connectivity index is 2.31. The number of phenols is 2. The SMILES string of the molecule is C=CCc1ccc2c(c1O)-c1ccc(O)c(CC=C)c1C2=O. The van der Waals surface area contributed by atoms with Crippen LogP contribution < -0.4 is 0 Å². The van der Waals surface area contributed by atoms with Crippen LogP contribution in [0, 0.1) is 0 Å². The number of hydrogen-bond acceptors (Lipinski definition) is 3. The van der Waals surface area contributed by atoms with Crippen molar-refractivity contribution in [3.63, 3.8) is 0 Å². The first kappa shape index (κ1) is 14.1. The molecule has 1 aliphatic carbocycles. The Morgan fingerprint density at radius 2 is 1.59 bits per heavy atom. The fraction of sp³-hybridized carbons (Fsp3) is 0.105. The summed E-state index contributed by atoms with van der Waals surface area (Å²) in [5.74, 6) is 0.0172. The number of rotatable bonds is 4. The summed E-state index contributed by atoms with van der Waals surface area (Å²) in [5, 5.41) is 20.5. The molecule has 0 spiro atoms. The molecule has 0 radical (unpaired) electrons. The summed E-state index contributed by atoms with van der Waals surface area (Å²) in [6.45, 7) is 7.35. The topological polar surface area (TPSA) is 57.5 Å². The summed E-state index contributed by atoms with van der Waals surface area (Å²) in [6.07, 6.45) is 4.28. The maximum absolute atomic E-state index is 12.7. The predicted octanol–water partition coefficient (Wildman–Crippen LogP) is 3.77. The molecule has 0 bridgehead atoms. The van der Waals surface area contributed by atoms with Crippen LogP contribution in [0.25, 0.3) is 11.1 Å². The smallest absolute Gasteiger partial charge is 0.194 e. The van der Waals surface area contributed by atoms with Crippen molar-refractivity contribution in [3.8, 4) is 22.6 Å². The van der Waals surface area contributed by atoms with E-state index in [9.17, 15) is 15.0 Å². The van der Waals surface area contributed by atoms with E-state index in [1.54, 1.807) is 36.4 Å². The summed E-state index contributed by atoms with van der Waals surface area (Å²) < 4.78 is 0. The fourth-order valence-electron chi connectivity index (χ4n) is 3.01. The monoisotopic (exact) mass is 292 g/mol. The molecule has 0 saturated carbocycles. The van der Waals surface area contributed by atoms with Gasteiger partial charge >= 0.3 is 0 Å². The first-order valence-corrected chi connectivity index (χ1v) is 7.06. The van der Waals surface area contributed by atoms with Crippen LogP contribution in [-0.2, 0) is 12.8 Å². The first-order valence-electron chi connectivity index (χ1n) is 7.06. The summed E-state index contributed by atoms with van der Waals surface area (Å²) in [5.41, 5.74) is 3.42. The van der Waals surface area contributed by atoms with Crippen LogP contribution in [0.15, 0.2) is 49.6 Å². The Morgan fingerprint density at radius 1 is 0.909 bits per heavy atom. The van der Waals surface area contributed by atoms with Gasteiger partial charge in [-0.3, -0.25) is 4.79 Å². The Labute approximate surface area is 128 Å². The molecule has 3 nitrogen and oxygen atoms in total. The molecule has 0 aliphatic heterocycles. The minimum Gasteiger partial charge on any atom is -0.508 e. The van der Waals surface area contributed by atoms with Gasteiger partial charge in [-0.1, -0.05) is 18.2 Å². The molecular weight excluding hydrogens is 276 g/mol. The number of benzene rings is 2. The second kappa shape index (κ2) is 5.19. The van der Waals surface area contributed by atoms with Crippen molar-refractivity contribution in [2.45, 2.75) is 12.8 Å². The Kier molecular flexibility index (Phi) is 3.33. The maximum atomic E-state index is 12.7. The van der Waals surface area contributed by atoms with Gasteiger partial charge in [-0.2, -0.15) is 0 Å². The lowest BCUT2D eigenvalue weighted by atomic mass is 9.96. The Hall–Kier alpha value is -2.81. The Morgan fingerprint density at radius 3 is 2.27 bits per heavy atom. The van der Waals surface area contributed by atoms with Crippen LogP contribution in [0.2, 0.25) is 0 Å². The summed E-state index contributed by atoms with van der Waals surface area (Å²) in [6, 6.07) is 6.70. The molecule has 3 rings (SSSR count). The minimum absolute atomic E-state index is 0.0746. The van der Waals surface area contributed by atoms with Gasteiger partial charge in [0, 0.05) is 22.3 Å². The van der Waals surface area contributed by atoms with Gasteiger partial charge in [0.25, 0.3) is 0 Å². The largest absolute Gasteiger partial charge is 0.508 e. The molecule has 0 aromatic heterocycles. The van der Waals surface area contributed by atoms with E-state index in [4.69, 9.17) is 0 Å². The molecule has 1 aliphatic rings. The molecule has 22 heavy (non-hydrogen) atoms. The van der Waals surface area contributed by atoms with Crippen molar-refractivity contribution in [2.75, 3.05) is 0 Å². The zero-order valence-electron chi connectivity index (χ0n) is 12.1. The number of carbonyl (C=O) groups excluding carboxylic acids is 1. The van der Waals surface area contributed by atoms with Crippen LogP contribution in [0.5, 0.6) is 11.5 Å². The van der Waals surface area contributed by atoms with Crippen molar-refractivity contribution in [1.82, 2.24) is 0 Å². The maximum Gasteiger partial charge on any atom is 0.194 e. The standard InChI is InChI=1S/C19H16O3/c1-3-5-11-7-8-14-17(18(11)21)13-9-10-15(20)12(6-4-2)16(13)19(14)22/h3-4,7-10,20-21H,1-2,5-6H2. The van der Waals surface area contributed by atoms with E-state index in [-0.39, 0.29) is 17.3 Å². The molecule has 2 aromatic carbocycles. The van der Waals surface area contributed by atoms with Gasteiger partial charge in [-0.25, -0.2) is 0 Å². The first-order chi connectivity index (χ1) is 10.6. The van der Waals surface area contributed by atoms with E-state index in [1.165, 1.54) is 0 Å². The van der Waals surface area contributed by atoms with Gasteiger partial charge in [0.15, 0.2) is 5.78 Å². The van der Waals surface area contributed by atoms with Crippen molar-refractivity contribution in [3.05, 3.63) is 71.8 Å². The number of allylic oxidation sites excluding steroid dienone is 2. The zero-order chi connectivity index (χ0) is 15.9. The van der Waals surface area contributed by atoms with Crippen molar-refractivity contribution in [2.24, 2.45) is 0 Å². The number of fused-ring (bicyclic) bond motifs is 3. The van der Waals surface area contributed by atoms with E-state index >= 15 is 0 Å². The summed E-state index contributed by atoms with van der Waals surface area (Å²) in [4.78, 5) is 12.7. The van der Waals surface area contributed by atoms with Crippen molar-refractivity contribution >= 4 is 5.78 Å². The molecule has 0 unspecified atom stereocenters. The highest BCUT2D eigenvalue weighted by molar-refractivity contribution is 6.23. The van der Waals surface area contributed by atoms with Crippen LogP contribution >= 0.6 is 0 Å². The van der Waals surface area contributed by atoms with Crippen LogP contribution in [0.3, 0.4) is 0 Å². The molecular formula is C19H16O3. The zero-order valence-corrected chi connectivity index (χ0v) is 12.1. The van der Waals surface area contributed by atoms with Gasteiger partial charge in [0.05, 0.1) is 0 Å². The quantitative estimate of drug-likeness (QED) is 0.720. The van der Waals surface area contributed by atoms with E-state index in [1.807, 2.05) is 0 Å². The molecule has 0 heterocycles. The molecule has 0 saturated heterocycles.